The maximum atomic E-state index is 12.5. The summed E-state index contributed by atoms with van der Waals surface area (Å²) in [5.74, 6) is -0.721. The minimum atomic E-state index is -3.93. The molecule has 0 aromatic heterocycles. The summed E-state index contributed by atoms with van der Waals surface area (Å²) in [6, 6.07) is 10.1. The second kappa shape index (κ2) is 8.74. The van der Waals surface area contributed by atoms with Gasteiger partial charge in [0, 0.05) is 12.6 Å². The van der Waals surface area contributed by atoms with Crippen LogP contribution in [-0.2, 0) is 24.3 Å². The van der Waals surface area contributed by atoms with E-state index in [0.717, 1.165) is 0 Å². The number of hydrogen-bond donors (Lipinski definition) is 2. The van der Waals surface area contributed by atoms with E-state index in [9.17, 15) is 18.0 Å². The molecule has 8 nitrogen and oxygen atoms in total. The molecule has 0 unspecified atom stereocenters. The van der Waals surface area contributed by atoms with E-state index in [1.54, 1.807) is 12.1 Å². The van der Waals surface area contributed by atoms with Crippen molar-refractivity contribution in [3.8, 4) is 5.75 Å². The highest BCUT2D eigenvalue weighted by atomic mass is 35.5. The molecule has 0 saturated heterocycles. The molecule has 2 N–H and O–H groups in total. The minimum absolute atomic E-state index is 0.0220. The number of hydrogen-bond acceptors (Lipinski definition) is 6. The van der Waals surface area contributed by atoms with Crippen LogP contribution in [0.25, 0.3) is 0 Å². The zero-order chi connectivity index (χ0) is 20.0. The Labute approximate surface area is 161 Å². The summed E-state index contributed by atoms with van der Waals surface area (Å²) in [5, 5.41) is 2.59. The van der Waals surface area contributed by atoms with Gasteiger partial charge in [0.15, 0.2) is 6.61 Å². The Morgan fingerprint density at radius 3 is 2.44 bits per heavy atom. The summed E-state index contributed by atoms with van der Waals surface area (Å²) >= 11 is 6.03. The van der Waals surface area contributed by atoms with Crippen molar-refractivity contribution in [2.24, 2.45) is 0 Å². The molecular weight excluding hydrogens is 396 g/mol. The normalized spacial score (nSPS) is 10.8. The summed E-state index contributed by atoms with van der Waals surface area (Å²) in [6.45, 7) is 0.999. The average Bonchev–Trinajstić information content (AvgIpc) is 2.59. The van der Waals surface area contributed by atoms with Crippen molar-refractivity contribution in [2.45, 2.75) is 11.8 Å². The van der Waals surface area contributed by atoms with Crippen molar-refractivity contribution in [1.29, 1.82) is 0 Å². The second-order valence-electron chi connectivity index (χ2n) is 5.32. The molecule has 0 aliphatic carbocycles. The van der Waals surface area contributed by atoms with Gasteiger partial charge >= 0.3 is 5.97 Å². The summed E-state index contributed by atoms with van der Waals surface area (Å²) in [7, 11) is -2.71. The Hall–Kier alpha value is -2.78. The molecule has 0 atom stereocenters. The monoisotopic (exact) mass is 412 g/mol. The molecule has 0 saturated carbocycles. The van der Waals surface area contributed by atoms with Crippen LogP contribution in [0.5, 0.6) is 5.75 Å². The van der Waals surface area contributed by atoms with Gasteiger partial charge in [-0.05, 0) is 36.4 Å². The number of anilines is 2. The SMILES string of the molecule is COC(=O)COc1ccc(S(=O)(=O)Nc2cccc(NC(C)=O)c2)cc1Cl. The fourth-order valence-corrected chi connectivity index (χ4v) is 3.41. The van der Waals surface area contributed by atoms with Crippen LogP contribution < -0.4 is 14.8 Å². The van der Waals surface area contributed by atoms with Gasteiger partial charge < -0.3 is 14.8 Å². The maximum Gasteiger partial charge on any atom is 0.343 e. The molecule has 10 heteroatoms. The van der Waals surface area contributed by atoms with E-state index in [0.29, 0.717) is 5.69 Å². The molecular formula is C17H17ClN2O6S. The summed E-state index contributed by atoms with van der Waals surface area (Å²) < 4.78 is 37.1. The van der Waals surface area contributed by atoms with Crippen molar-refractivity contribution in [1.82, 2.24) is 0 Å². The summed E-state index contributed by atoms with van der Waals surface area (Å²) in [5.41, 5.74) is 0.718. The van der Waals surface area contributed by atoms with Crippen LogP contribution in [0.2, 0.25) is 5.02 Å². The molecule has 2 aromatic carbocycles. The van der Waals surface area contributed by atoms with Gasteiger partial charge in [-0.3, -0.25) is 9.52 Å². The number of halogens is 1. The van der Waals surface area contributed by atoms with Crippen molar-refractivity contribution in [3.63, 3.8) is 0 Å². The Balaban J connectivity index is 2.18. The molecule has 0 fully saturated rings. The van der Waals surface area contributed by atoms with Gasteiger partial charge in [0.25, 0.3) is 10.0 Å². The molecule has 0 bridgehead atoms. The fraction of sp³-hybridized carbons (Fsp3) is 0.176. The van der Waals surface area contributed by atoms with E-state index < -0.39 is 16.0 Å². The van der Waals surface area contributed by atoms with Crippen LogP contribution in [0.15, 0.2) is 47.4 Å². The third-order valence-electron chi connectivity index (χ3n) is 3.22. The van der Waals surface area contributed by atoms with Gasteiger partial charge in [-0.1, -0.05) is 17.7 Å². The highest BCUT2D eigenvalue weighted by Gasteiger charge is 2.17. The van der Waals surface area contributed by atoms with Crippen LogP contribution in [0.3, 0.4) is 0 Å². The Kier molecular flexibility index (Phi) is 6.65. The number of ether oxygens (including phenoxy) is 2. The fourth-order valence-electron chi connectivity index (χ4n) is 2.04. The Morgan fingerprint density at radius 1 is 1.11 bits per heavy atom. The van der Waals surface area contributed by atoms with Crippen LogP contribution in [0.1, 0.15) is 6.92 Å². The molecule has 0 spiro atoms. The maximum absolute atomic E-state index is 12.5. The average molecular weight is 413 g/mol. The molecule has 144 valence electrons. The molecule has 0 aliphatic heterocycles. The van der Waals surface area contributed by atoms with Gasteiger partial charge in [-0.15, -0.1) is 0 Å². The van der Waals surface area contributed by atoms with Gasteiger partial charge in [-0.25, -0.2) is 13.2 Å². The lowest BCUT2D eigenvalue weighted by molar-refractivity contribution is -0.142. The van der Waals surface area contributed by atoms with Crippen LogP contribution >= 0.6 is 11.6 Å². The molecule has 2 rings (SSSR count). The standard InChI is InChI=1S/C17H17ClN2O6S/c1-11(21)19-12-4-3-5-13(8-12)20-27(23,24)14-6-7-16(15(18)9-14)26-10-17(22)25-2/h3-9,20H,10H2,1-2H3,(H,19,21). The van der Waals surface area contributed by atoms with Crippen molar-refractivity contribution in [2.75, 3.05) is 23.8 Å². The highest BCUT2D eigenvalue weighted by molar-refractivity contribution is 7.92. The number of sulfonamides is 1. The highest BCUT2D eigenvalue weighted by Crippen LogP contribution is 2.28. The number of rotatable bonds is 7. The zero-order valence-electron chi connectivity index (χ0n) is 14.5. The predicted molar refractivity (Wildman–Crippen MR) is 101 cm³/mol. The van der Waals surface area contributed by atoms with Crippen molar-refractivity contribution in [3.05, 3.63) is 47.5 Å². The first-order valence-corrected chi connectivity index (χ1v) is 9.47. The third kappa shape index (κ3) is 5.87. The quantitative estimate of drug-likeness (QED) is 0.676. The molecule has 0 aliphatic rings. The van der Waals surface area contributed by atoms with Crippen LogP contribution in [0, 0.1) is 0 Å². The molecule has 0 radical (unpaired) electrons. The lowest BCUT2D eigenvalue weighted by Crippen LogP contribution is -2.14. The zero-order valence-corrected chi connectivity index (χ0v) is 16.1. The first-order valence-electron chi connectivity index (χ1n) is 7.61. The van der Waals surface area contributed by atoms with Crippen LogP contribution in [0.4, 0.5) is 11.4 Å². The van der Waals surface area contributed by atoms with Crippen molar-refractivity contribution < 1.29 is 27.5 Å². The first-order chi connectivity index (χ1) is 12.7. The molecule has 1 amide bonds. The van der Waals surface area contributed by atoms with E-state index in [2.05, 4.69) is 14.8 Å². The predicted octanol–water partition coefficient (Wildman–Crippen LogP) is 2.65. The number of carbonyl (C=O) groups is 2. The first kappa shape index (κ1) is 20.5. The summed E-state index contributed by atoms with van der Waals surface area (Å²) in [4.78, 5) is 22.1. The van der Waals surface area contributed by atoms with E-state index in [4.69, 9.17) is 16.3 Å². The van der Waals surface area contributed by atoms with Gasteiger partial charge in [0.05, 0.1) is 22.7 Å². The Bertz CT molecular complexity index is 962. The van der Waals surface area contributed by atoms with Crippen molar-refractivity contribution >= 4 is 44.9 Å². The van der Waals surface area contributed by atoms with E-state index >= 15 is 0 Å². The molecule has 27 heavy (non-hydrogen) atoms. The Morgan fingerprint density at radius 2 is 1.81 bits per heavy atom. The van der Waals surface area contributed by atoms with Crippen LogP contribution in [-0.4, -0.2) is 34.0 Å². The lowest BCUT2D eigenvalue weighted by Gasteiger charge is -2.12. The van der Waals surface area contributed by atoms with Gasteiger partial charge in [0.1, 0.15) is 5.75 Å². The number of carbonyl (C=O) groups excluding carboxylic acids is 2. The topological polar surface area (TPSA) is 111 Å². The second-order valence-corrected chi connectivity index (χ2v) is 7.41. The number of esters is 1. The lowest BCUT2D eigenvalue weighted by atomic mass is 10.3. The smallest absolute Gasteiger partial charge is 0.343 e. The largest absolute Gasteiger partial charge is 0.480 e. The minimum Gasteiger partial charge on any atom is -0.480 e. The van der Waals surface area contributed by atoms with E-state index in [1.807, 2.05) is 0 Å². The van der Waals surface area contributed by atoms with E-state index in [-0.39, 0.29) is 33.9 Å². The van der Waals surface area contributed by atoms with E-state index in [1.165, 1.54) is 44.4 Å². The number of methoxy groups -OCH3 is 1. The van der Waals surface area contributed by atoms with Gasteiger partial charge in [0.2, 0.25) is 5.91 Å². The summed E-state index contributed by atoms with van der Waals surface area (Å²) in [6.07, 6.45) is 0. The number of nitrogens with one attached hydrogen (secondary N) is 2. The molecule has 2 aromatic rings. The van der Waals surface area contributed by atoms with Gasteiger partial charge in [-0.2, -0.15) is 0 Å². The third-order valence-corrected chi connectivity index (χ3v) is 4.90. The number of amides is 1. The number of benzene rings is 2. The molecule has 0 heterocycles.